The second-order valence-corrected chi connectivity index (χ2v) is 7.26. The van der Waals surface area contributed by atoms with E-state index in [0.717, 1.165) is 6.42 Å². The molecule has 19 heavy (non-hydrogen) atoms. The van der Waals surface area contributed by atoms with Crippen molar-refractivity contribution in [2.24, 2.45) is 5.73 Å². The van der Waals surface area contributed by atoms with E-state index in [1.54, 1.807) is 0 Å². The summed E-state index contributed by atoms with van der Waals surface area (Å²) in [5, 5.41) is 1.30. The molecule has 2 aliphatic rings. The first kappa shape index (κ1) is 13.5. The molecular formula is C15H25N3S. The molecule has 0 spiro atoms. The van der Waals surface area contributed by atoms with Crippen LogP contribution in [0.4, 0.5) is 0 Å². The van der Waals surface area contributed by atoms with Crippen LogP contribution in [-0.2, 0) is 6.42 Å². The van der Waals surface area contributed by atoms with E-state index in [4.69, 9.17) is 5.73 Å². The van der Waals surface area contributed by atoms with Gasteiger partial charge in [-0.25, -0.2) is 4.98 Å². The standard InChI is InChI=1S/C15H25N3S/c1-3-14-9-17-15(19-14)10(2)18-12-5-4-6-13(18)8-11(16)7-12/h9-13H,3-8,16H2,1-2H3. The number of piperidine rings is 2. The molecule has 0 aromatic carbocycles. The van der Waals surface area contributed by atoms with Crippen LogP contribution in [0.2, 0.25) is 0 Å². The van der Waals surface area contributed by atoms with E-state index in [-0.39, 0.29) is 0 Å². The Bertz CT molecular complexity index is 417. The summed E-state index contributed by atoms with van der Waals surface area (Å²) in [7, 11) is 0. The lowest BCUT2D eigenvalue weighted by atomic mass is 9.81. The molecular weight excluding hydrogens is 254 g/mol. The summed E-state index contributed by atoms with van der Waals surface area (Å²) in [6, 6.07) is 2.26. The first-order valence-corrected chi connectivity index (χ1v) is 8.48. The fourth-order valence-corrected chi connectivity index (χ4v) is 4.81. The summed E-state index contributed by atoms with van der Waals surface area (Å²) in [6.07, 6.45) is 9.52. The zero-order chi connectivity index (χ0) is 13.4. The minimum Gasteiger partial charge on any atom is -0.328 e. The summed E-state index contributed by atoms with van der Waals surface area (Å²) >= 11 is 1.89. The summed E-state index contributed by atoms with van der Waals surface area (Å²) in [5.41, 5.74) is 6.21. The first-order chi connectivity index (χ1) is 9.19. The molecule has 4 heteroatoms. The number of hydrogen-bond acceptors (Lipinski definition) is 4. The Morgan fingerprint density at radius 3 is 2.68 bits per heavy atom. The van der Waals surface area contributed by atoms with Gasteiger partial charge in [0, 0.05) is 29.2 Å². The van der Waals surface area contributed by atoms with Gasteiger partial charge in [-0.2, -0.15) is 0 Å². The number of rotatable bonds is 3. The third-order valence-corrected chi connectivity index (χ3v) is 6.10. The van der Waals surface area contributed by atoms with Crippen molar-refractivity contribution in [3.05, 3.63) is 16.1 Å². The highest BCUT2D eigenvalue weighted by Crippen LogP contribution is 2.40. The molecule has 2 N–H and O–H groups in total. The lowest BCUT2D eigenvalue weighted by molar-refractivity contribution is -0.000569. The van der Waals surface area contributed by atoms with Gasteiger partial charge in [-0.15, -0.1) is 11.3 Å². The molecule has 106 valence electrons. The molecule has 0 aliphatic carbocycles. The smallest absolute Gasteiger partial charge is 0.110 e. The summed E-state index contributed by atoms with van der Waals surface area (Å²) in [6.45, 7) is 4.54. The number of thiazole rings is 1. The maximum atomic E-state index is 6.21. The molecule has 3 heterocycles. The van der Waals surface area contributed by atoms with E-state index < -0.39 is 0 Å². The molecule has 2 saturated heterocycles. The maximum Gasteiger partial charge on any atom is 0.110 e. The van der Waals surface area contributed by atoms with Crippen molar-refractivity contribution in [3.63, 3.8) is 0 Å². The minimum absolute atomic E-state index is 0.418. The Kier molecular flexibility index (Phi) is 3.92. The van der Waals surface area contributed by atoms with Crippen LogP contribution in [0.3, 0.4) is 0 Å². The number of fused-ring (bicyclic) bond motifs is 2. The topological polar surface area (TPSA) is 42.2 Å². The van der Waals surface area contributed by atoms with Crippen molar-refractivity contribution < 1.29 is 0 Å². The van der Waals surface area contributed by atoms with E-state index in [2.05, 4.69) is 29.9 Å². The third kappa shape index (κ3) is 2.58. The predicted molar refractivity (Wildman–Crippen MR) is 80.4 cm³/mol. The van der Waals surface area contributed by atoms with Crippen molar-refractivity contribution in [1.82, 2.24) is 9.88 Å². The SMILES string of the molecule is CCc1cnc(C(C)N2C3CCCC2CC(N)C3)s1. The second kappa shape index (κ2) is 5.51. The van der Waals surface area contributed by atoms with Crippen molar-refractivity contribution in [3.8, 4) is 0 Å². The van der Waals surface area contributed by atoms with Crippen LogP contribution in [0.15, 0.2) is 6.20 Å². The van der Waals surface area contributed by atoms with Gasteiger partial charge in [0.05, 0.1) is 6.04 Å². The second-order valence-electron chi connectivity index (χ2n) is 6.11. The van der Waals surface area contributed by atoms with Gasteiger partial charge in [0.1, 0.15) is 5.01 Å². The average Bonchev–Trinajstić information content (AvgIpc) is 2.85. The number of nitrogens with zero attached hydrogens (tertiary/aromatic N) is 2. The molecule has 1 aromatic rings. The van der Waals surface area contributed by atoms with Gasteiger partial charge in [0.2, 0.25) is 0 Å². The van der Waals surface area contributed by atoms with Crippen LogP contribution in [-0.4, -0.2) is 28.0 Å². The number of nitrogens with two attached hydrogens (primary N) is 1. The number of aryl methyl sites for hydroxylation is 1. The Morgan fingerprint density at radius 1 is 1.42 bits per heavy atom. The number of hydrogen-bond donors (Lipinski definition) is 1. The molecule has 3 unspecified atom stereocenters. The quantitative estimate of drug-likeness (QED) is 0.924. The van der Waals surface area contributed by atoms with Gasteiger partial charge in [-0.1, -0.05) is 13.3 Å². The van der Waals surface area contributed by atoms with Crippen LogP contribution in [0.1, 0.15) is 61.9 Å². The molecule has 2 aliphatic heterocycles. The zero-order valence-corrected chi connectivity index (χ0v) is 12.8. The summed E-state index contributed by atoms with van der Waals surface area (Å²) in [4.78, 5) is 8.78. The van der Waals surface area contributed by atoms with Crippen molar-refractivity contribution >= 4 is 11.3 Å². The fraction of sp³-hybridized carbons (Fsp3) is 0.800. The molecule has 2 bridgehead atoms. The molecule has 1 aromatic heterocycles. The van der Waals surface area contributed by atoms with E-state index in [0.29, 0.717) is 24.2 Å². The average molecular weight is 279 g/mol. The van der Waals surface area contributed by atoms with Gasteiger partial charge < -0.3 is 5.73 Å². The van der Waals surface area contributed by atoms with Crippen molar-refractivity contribution in [2.45, 2.75) is 76.5 Å². The lowest BCUT2D eigenvalue weighted by Gasteiger charge is -2.50. The molecule has 3 rings (SSSR count). The maximum absolute atomic E-state index is 6.21. The minimum atomic E-state index is 0.418. The Hall–Kier alpha value is -0.450. The highest BCUT2D eigenvalue weighted by Gasteiger charge is 2.40. The zero-order valence-electron chi connectivity index (χ0n) is 12.0. The first-order valence-electron chi connectivity index (χ1n) is 7.66. The van der Waals surface area contributed by atoms with Gasteiger partial charge in [-0.3, -0.25) is 4.90 Å². The molecule has 2 fully saturated rings. The van der Waals surface area contributed by atoms with Gasteiger partial charge in [0.15, 0.2) is 0 Å². The normalized spacial score (nSPS) is 33.3. The van der Waals surface area contributed by atoms with Crippen molar-refractivity contribution in [2.75, 3.05) is 0 Å². The van der Waals surface area contributed by atoms with Gasteiger partial charge in [-0.05, 0) is 39.0 Å². The monoisotopic (exact) mass is 279 g/mol. The molecule has 0 radical (unpaired) electrons. The van der Waals surface area contributed by atoms with E-state index in [1.807, 2.05) is 11.3 Å². The van der Waals surface area contributed by atoms with Crippen LogP contribution >= 0.6 is 11.3 Å². The fourth-order valence-electron chi connectivity index (χ4n) is 3.90. The van der Waals surface area contributed by atoms with Crippen LogP contribution < -0.4 is 5.73 Å². The summed E-state index contributed by atoms with van der Waals surface area (Å²) in [5.74, 6) is 0. The van der Waals surface area contributed by atoms with Gasteiger partial charge >= 0.3 is 0 Å². The summed E-state index contributed by atoms with van der Waals surface area (Å²) < 4.78 is 0. The van der Waals surface area contributed by atoms with Crippen LogP contribution in [0, 0.1) is 0 Å². The van der Waals surface area contributed by atoms with E-state index >= 15 is 0 Å². The predicted octanol–water partition coefficient (Wildman–Crippen LogP) is 3.11. The Balaban J connectivity index is 1.80. The molecule has 0 amide bonds. The molecule has 3 nitrogen and oxygen atoms in total. The van der Waals surface area contributed by atoms with E-state index in [9.17, 15) is 0 Å². The Labute approximate surface area is 120 Å². The largest absolute Gasteiger partial charge is 0.328 e. The van der Waals surface area contributed by atoms with Crippen LogP contribution in [0.25, 0.3) is 0 Å². The third-order valence-electron chi connectivity index (χ3n) is 4.79. The molecule has 3 atom stereocenters. The van der Waals surface area contributed by atoms with Crippen molar-refractivity contribution in [1.29, 1.82) is 0 Å². The van der Waals surface area contributed by atoms with Crippen LogP contribution in [0.5, 0.6) is 0 Å². The number of aromatic nitrogens is 1. The Morgan fingerprint density at radius 2 is 2.11 bits per heavy atom. The highest BCUT2D eigenvalue weighted by atomic mass is 32.1. The van der Waals surface area contributed by atoms with E-state index in [1.165, 1.54) is 42.0 Å². The molecule has 0 saturated carbocycles. The van der Waals surface area contributed by atoms with Gasteiger partial charge in [0.25, 0.3) is 0 Å². The lowest BCUT2D eigenvalue weighted by Crippen LogP contribution is -2.55. The highest BCUT2D eigenvalue weighted by molar-refractivity contribution is 7.11.